The molecule has 4 nitrogen and oxygen atoms in total. The second-order valence-electron chi connectivity index (χ2n) is 3.85. The first-order valence-corrected chi connectivity index (χ1v) is 5.23. The van der Waals surface area contributed by atoms with Crippen LogP contribution in [0, 0.1) is 30.0 Å². The first-order chi connectivity index (χ1) is 8.02. The number of benzene rings is 1. The number of anilines is 1. The number of rotatable bonds is 3. The lowest BCUT2D eigenvalue weighted by atomic mass is 10.2. The van der Waals surface area contributed by atoms with E-state index in [0.717, 1.165) is 5.56 Å². The Hall–Kier alpha value is -2.09. The predicted octanol–water partition coefficient (Wildman–Crippen LogP) is 2.42. The van der Waals surface area contributed by atoms with E-state index in [0.29, 0.717) is 0 Å². The minimum absolute atomic E-state index is 0.123. The Balaban J connectivity index is 2.54. The SMILES string of the molecule is Cc1ccc(NC(=O)NCC(C)C#N)c(F)c1. The maximum Gasteiger partial charge on any atom is 0.319 e. The molecule has 17 heavy (non-hydrogen) atoms. The van der Waals surface area contributed by atoms with Crippen LogP contribution in [0.1, 0.15) is 12.5 Å². The Labute approximate surface area is 99.4 Å². The molecule has 0 radical (unpaired) electrons. The van der Waals surface area contributed by atoms with E-state index in [2.05, 4.69) is 10.6 Å². The summed E-state index contributed by atoms with van der Waals surface area (Å²) in [6, 6.07) is 6.01. The Kier molecular flexibility index (Phi) is 4.46. The number of carbonyl (C=O) groups excluding carboxylic acids is 1. The molecule has 0 heterocycles. The van der Waals surface area contributed by atoms with E-state index in [1.807, 2.05) is 6.07 Å². The van der Waals surface area contributed by atoms with Gasteiger partial charge in [0, 0.05) is 6.54 Å². The smallest absolute Gasteiger partial charge is 0.319 e. The monoisotopic (exact) mass is 235 g/mol. The van der Waals surface area contributed by atoms with Crippen molar-refractivity contribution in [1.29, 1.82) is 5.26 Å². The van der Waals surface area contributed by atoms with Crippen molar-refractivity contribution in [1.82, 2.24) is 5.32 Å². The highest BCUT2D eigenvalue weighted by molar-refractivity contribution is 5.89. The number of urea groups is 1. The summed E-state index contributed by atoms with van der Waals surface area (Å²) in [6.45, 7) is 3.68. The van der Waals surface area contributed by atoms with Gasteiger partial charge in [-0.1, -0.05) is 6.07 Å². The zero-order chi connectivity index (χ0) is 12.8. The first kappa shape index (κ1) is 13.0. The number of hydrogen-bond acceptors (Lipinski definition) is 2. The van der Waals surface area contributed by atoms with Crippen LogP contribution in [0.4, 0.5) is 14.9 Å². The molecule has 0 spiro atoms. The highest BCUT2D eigenvalue weighted by Crippen LogP contribution is 2.14. The molecule has 1 aromatic carbocycles. The maximum absolute atomic E-state index is 13.4. The van der Waals surface area contributed by atoms with Gasteiger partial charge in [-0.2, -0.15) is 5.26 Å². The fourth-order valence-electron chi connectivity index (χ4n) is 1.18. The Morgan fingerprint density at radius 1 is 1.59 bits per heavy atom. The molecular formula is C12H14FN3O. The molecule has 2 amide bonds. The third kappa shape index (κ3) is 4.11. The van der Waals surface area contributed by atoms with Gasteiger partial charge in [-0.05, 0) is 31.5 Å². The molecule has 0 fully saturated rings. The fourth-order valence-corrected chi connectivity index (χ4v) is 1.18. The minimum Gasteiger partial charge on any atom is -0.337 e. The minimum atomic E-state index is -0.519. The van der Waals surface area contributed by atoms with Gasteiger partial charge in [0.05, 0.1) is 17.7 Å². The van der Waals surface area contributed by atoms with Crippen molar-refractivity contribution in [2.75, 3.05) is 11.9 Å². The van der Waals surface area contributed by atoms with Crippen LogP contribution in [0.15, 0.2) is 18.2 Å². The summed E-state index contributed by atoms with van der Waals surface area (Å²) in [5, 5.41) is 13.4. The molecule has 2 N–H and O–H groups in total. The normalized spacial score (nSPS) is 11.4. The molecule has 1 unspecified atom stereocenters. The quantitative estimate of drug-likeness (QED) is 0.845. The van der Waals surface area contributed by atoms with Crippen LogP contribution in [-0.2, 0) is 0 Å². The Bertz CT molecular complexity index is 454. The molecular weight excluding hydrogens is 221 g/mol. The molecule has 0 aliphatic carbocycles. The lowest BCUT2D eigenvalue weighted by Crippen LogP contribution is -2.32. The summed E-state index contributed by atoms with van der Waals surface area (Å²) >= 11 is 0. The van der Waals surface area contributed by atoms with Crippen molar-refractivity contribution in [2.24, 2.45) is 5.92 Å². The average molecular weight is 235 g/mol. The second-order valence-corrected chi connectivity index (χ2v) is 3.85. The van der Waals surface area contributed by atoms with E-state index < -0.39 is 11.8 Å². The van der Waals surface area contributed by atoms with Crippen LogP contribution < -0.4 is 10.6 Å². The summed E-state index contributed by atoms with van der Waals surface area (Å²) in [6.07, 6.45) is 0. The van der Waals surface area contributed by atoms with Crippen molar-refractivity contribution < 1.29 is 9.18 Å². The largest absolute Gasteiger partial charge is 0.337 e. The molecule has 90 valence electrons. The molecule has 0 aromatic heterocycles. The standard InChI is InChI=1S/C12H14FN3O/c1-8-3-4-11(10(13)5-8)16-12(17)15-7-9(2)6-14/h3-5,9H,7H2,1-2H3,(H2,15,16,17). The number of nitriles is 1. The summed E-state index contributed by atoms with van der Waals surface area (Å²) in [7, 11) is 0. The van der Waals surface area contributed by atoms with Gasteiger partial charge in [0.25, 0.3) is 0 Å². The second kappa shape index (κ2) is 5.85. The van der Waals surface area contributed by atoms with Gasteiger partial charge in [0.1, 0.15) is 5.82 Å². The summed E-state index contributed by atoms with van der Waals surface area (Å²) in [4.78, 5) is 11.4. The van der Waals surface area contributed by atoms with Crippen molar-refractivity contribution in [3.05, 3.63) is 29.6 Å². The number of halogens is 1. The summed E-state index contributed by atoms with van der Waals surface area (Å²) in [5.74, 6) is -0.753. The van der Waals surface area contributed by atoms with Gasteiger partial charge in [-0.25, -0.2) is 9.18 Å². The van der Waals surface area contributed by atoms with E-state index in [4.69, 9.17) is 5.26 Å². The third-order valence-corrected chi connectivity index (χ3v) is 2.16. The fraction of sp³-hybridized carbons (Fsp3) is 0.333. The van der Waals surface area contributed by atoms with Gasteiger partial charge in [0.2, 0.25) is 0 Å². The van der Waals surface area contributed by atoms with E-state index in [1.165, 1.54) is 12.1 Å². The van der Waals surface area contributed by atoms with Crippen molar-refractivity contribution in [3.8, 4) is 6.07 Å². The van der Waals surface area contributed by atoms with Gasteiger partial charge in [0.15, 0.2) is 0 Å². The highest BCUT2D eigenvalue weighted by Gasteiger charge is 2.07. The van der Waals surface area contributed by atoms with Gasteiger partial charge in [-0.15, -0.1) is 0 Å². The topological polar surface area (TPSA) is 64.9 Å². The van der Waals surface area contributed by atoms with Crippen molar-refractivity contribution in [2.45, 2.75) is 13.8 Å². The lowest BCUT2D eigenvalue weighted by Gasteiger charge is -2.09. The zero-order valence-electron chi connectivity index (χ0n) is 9.75. The van der Waals surface area contributed by atoms with E-state index in [9.17, 15) is 9.18 Å². The Morgan fingerprint density at radius 3 is 2.88 bits per heavy atom. The third-order valence-electron chi connectivity index (χ3n) is 2.16. The molecule has 0 aliphatic rings. The number of aryl methyl sites for hydroxylation is 1. The van der Waals surface area contributed by atoms with Crippen LogP contribution in [0.5, 0.6) is 0 Å². The van der Waals surface area contributed by atoms with E-state index >= 15 is 0 Å². The molecule has 0 saturated carbocycles. The van der Waals surface area contributed by atoms with Crippen LogP contribution in [-0.4, -0.2) is 12.6 Å². The van der Waals surface area contributed by atoms with Crippen molar-refractivity contribution >= 4 is 11.7 Å². The van der Waals surface area contributed by atoms with Crippen LogP contribution >= 0.6 is 0 Å². The van der Waals surface area contributed by atoms with Gasteiger partial charge in [-0.3, -0.25) is 0 Å². The lowest BCUT2D eigenvalue weighted by molar-refractivity contribution is 0.251. The van der Waals surface area contributed by atoms with Crippen LogP contribution in [0.25, 0.3) is 0 Å². The molecule has 1 aromatic rings. The highest BCUT2D eigenvalue weighted by atomic mass is 19.1. The van der Waals surface area contributed by atoms with Gasteiger partial charge < -0.3 is 10.6 Å². The summed E-state index contributed by atoms with van der Waals surface area (Å²) in [5.41, 5.74) is 0.907. The summed E-state index contributed by atoms with van der Waals surface area (Å²) < 4.78 is 13.4. The van der Waals surface area contributed by atoms with Gasteiger partial charge >= 0.3 is 6.03 Å². The first-order valence-electron chi connectivity index (χ1n) is 5.23. The maximum atomic E-state index is 13.4. The van der Waals surface area contributed by atoms with Crippen LogP contribution in [0.2, 0.25) is 0 Å². The number of amides is 2. The molecule has 0 saturated heterocycles. The molecule has 0 aliphatic heterocycles. The van der Waals surface area contributed by atoms with E-state index in [1.54, 1.807) is 19.9 Å². The van der Waals surface area contributed by atoms with E-state index in [-0.39, 0.29) is 18.2 Å². The molecule has 1 rings (SSSR count). The van der Waals surface area contributed by atoms with Crippen molar-refractivity contribution in [3.63, 3.8) is 0 Å². The number of carbonyl (C=O) groups is 1. The number of nitrogens with zero attached hydrogens (tertiary/aromatic N) is 1. The Morgan fingerprint density at radius 2 is 2.29 bits per heavy atom. The number of nitrogens with one attached hydrogen (secondary N) is 2. The molecule has 1 atom stereocenters. The number of hydrogen-bond donors (Lipinski definition) is 2. The molecule has 0 bridgehead atoms. The zero-order valence-corrected chi connectivity index (χ0v) is 9.75. The molecule has 5 heteroatoms. The average Bonchev–Trinajstić information content (AvgIpc) is 2.29. The van der Waals surface area contributed by atoms with Crippen LogP contribution in [0.3, 0.4) is 0 Å². The predicted molar refractivity (Wildman–Crippen MR) is 62.9 cm³/mol.